The van der Waals surface area contributed by atoms with Crippen LogP contribution in [0.1, 0.15) is 35.7 Å². The molecule has 2 aromatic rings. The second kappa shape index (κ2) is 9.53. The Morgan fingerprint density at radius 3 is 2.70 bits per heavy atom. The summed E-state index contributed by atoms with van der Waals surface area (Å²) in [5.74, 6) is -0.0380. The van der Waals surface area contributed by atoms with E-state index in [0.29, 0.717) is 31.9 Å². The van der Waals surface area contributed by atoms with E-state index in [1.165, 1.54) is 11.3 Å². The fraction of sp³-hybridized carbons (Fsp3) is 0.400. The Hall–Kier alpha value is -2.38. The number of thiophene rings is 1. The van der Waals surface area contributed by atoms with Gasteiger partial charge in [-0.1, -0.05) is 18.2 Å². The van der Waals surface area contributed by atoms with E-state index >= 15 is 0 Å². The number of hydrogen-bond acceptors (Lipinski definition) is 4. The summed E-state index contributed by atoms with van der Waals surface area (Å²) in [7, 11) is 0. The van der Waals surface area contributed by atoms with E-state index in [0.717, 1.165) is 24.1 Å². The number of para-hydroxylation sites is 1. The Morgan fingerprint density at radius 1 is 1.22 bits per heavy atom. The van der Waals surface area contributed by atoms with Gasteiger partial charge >= 0.3 is 6.03 Å². The average Bonchev–Trinajstić information content (AvgIpc) is 3.23. The standard InChI is InChI=1S/C20H25N3O3S/c1-2-26-13-15-5-3-4-6-18(15)22-20(25)23-10-7-17(8-11-23)21-19(24)16-9-12-27-14-16/h3-6,9,12,14,17H,2,7-8,10-11,13H2,1H3,(H,21,24)(H,22,25). The van der Waals surface area contributed by atoms with Crippen molar-refractivity contribution in [2.45, 2.75) is 32.4 Å². The van der Waals surface area contributed by atoms with E-state index in [9.17, 15) is 9.59 Å². The molecule has 0 atom stereocenters. The molecule has 0 saturated carbocycles. The lowest BCUT2D eigenvalue weighted by Gasteiger charge is -2.32. The SMILES string of the molecule is CCOCc1ccccc1NC(=O)N1CCC(NC(=O)c2ccsc2)CC1. The first kappa shape index (κ1) is 19.4. The maximum absolute atomic E-state index is 12.6. The molecule has 2 heterocycles. The molecule has 0 bridgehead atoms. The number of nitrogens with one attached hydrogen (secondary N) is 2. The molecule has 0 radical (unpaired) electrons. The van der Waals surface area contributed by atoms with Crippen LogP contribution >= 0.6 is 11.3 Å². The van der Waals surface area contributed by atoms with Crippen LogP contribution in [0, 0.1) is 0 Å². The first-order valence-electron chi connectivity index (χ1n) is 9.22. The highest BCUT2D eigenvalue weighted by molar-refractivity contribution is 7.08. The fourth-order valence-electron chi connectivity index (χ4n) is 3.06. The lowest BCUT2D eigenvalue weighted by Crippen LogP contribution is -2.47. The Balaban J connectivity index is 1.49. The van der Waals surface area contributed by atoms with Gasteiger partial charge in [-0.15, -0.1) is 0 Å². The van der Waals surface area contributed by atoms with Crippen molar-refractivity contribution in [1.29, 1.82) is 0 Å². The molecule has 1 fully saturated rings. The van der Waals surface area contributed by atoms with Gasteiger partial charge in [-0.05, 0) is 37.3 Å². The summed E-state index contributed by atoms with van der Waals surface area (Å²) in [5.41, 5.74) is 2.44. The lowest BCUT2D eigenvalue weighted by molar-refractivity contribution is 0.0919. The number of ether oxygens (including phenoxy) is 1. The normalized spacial score (nSPS) is 14.8. The predicted octanol–water partition coefficient (Wildman–Crippen LogP) is 3.71. The lowest BCUT2D eigenvalue weighted by atomic mass is 10.0. The summed E-state index contributed by atoms with van der Waals surface area (Å²) in [5, 5.41) is 9.78. The molecular weight excluding hydrogens is 362 g/mol. The maximum atomic E-state index is 12.6. The molecule has 6 nitrogen and oxygen atoms in total. The highest BCUT2D eigenvalue weighted by atomic mass is 32.1. The van der Waals surface area contributed by atoms with Crippen molar-refractivity contribution in [3.8, 4) is 0 Å². The van der Waals surface area contributed by atoms with Gasteiger partial charge in [0.2, 0.25) is 0 Å². The molecule has 144 valence electrons. The zero-order valence-electron chi connectivity index (χ0n) is 15.4. The molecule has 7 heteroatoms. The molecule has 3 rings (SSSR count). The third-order valence-electron chi connectivity index (χ3n) is 4.62. The van der Waals surface area contributed by atoms with Crippen LogP contribution in [-0.2, 0) is 11.3 Å². The Kier molecular flexibility index (Phi) is 6.84. The monoisotopic (exact) mass is 387 g/mol. The molecule has 1 aromatic heterocycles. The van der Waals surface area contributed by atoms with Crippen LogP contribution in [0.25, 0.3) is 0 Å². The molecule has 0 aliphatic carbocycles. The van der Waals surface area contributed by atoms with E-state index in [1.807, 2.05) is 48.0 Å². The van der Waals surface area contributed by atoms with Crippen molar-refractivity contribution in [3.05, 3.63) is 52.2 Å². The van der Waals surface area contributed by atoms with E-state index in [2.05, 4.69) is 10.6 Å². The zero-order valence-corrected chi connectivity index (χ0v) is 16.3. The number of amides is 3. The quantitative estimate of drug-likeness (QED) is 0.794. The maximum Gasteiger partial charge on any atom is 0.321 e. The van der Waals surface area contributed by atoms with Crippen LogP contribution in [0.15, 0.2) is 41.1 Å². The summed E-state index contributed by atoms with van der Waals surface area (Å²) < 4.78 is 5.46. The molecule has 1 aliphatic rings. The average molecular weight is 388 g/mol. The van der Waals surface area contributed by atoms with Crippen LogP contribution in [-0.4, -0.2) is 42.6 Å². The Morgan fingerprint density at radius 2 is 2.00 bits per heavy atom. The molecule has 0 spiro atoms. The number of anilines is 1. The van der Waals surface area contributed by atoms with Crippen molar-refractivity contribution in [3.63, 3.8) is 0 Å². The minimum absolute atomic E-state index is 0.0380. The van der Waals surface area contributed by atoms with Crippen LogP contribution in [0.5, 0.6) is 0 Å². The summed E-state index contributed by atoms with van der Waals surface area (Å²) in [6.07, 6.45) is 1.51. The molecule has 1 aromatic carbocycles. The van der Waals surface area contributed by atoms with Crippen LogP contribution in [0.4, 0.5) is 10.5 Å². The van der Waals surface area contributed by atoms with Crippen LogP contribution in [0.3, 0.4) is 0 Å². The summed E-state index contributed by atoms with van der Waals surface area (Å²) >= 11 is 1.51. The summed E-state index contributed by atoms with van der Waals surface area (Å²) in [6, 6.07) is 9.50. The van der Waals surface area contributed by atoms with Gasteiger partial charge < -0.3 is 20.3 Å². The van der Waals surface area contributed by atoms with Gasteiger partial charge in [0, 0.05) is 47.9 Å². The van der Waals surface area contributed by atoms with Crippen molar-refractivity contribution < 1.29 is 14.3 Å². The van der Waals surface area contributed by atoms with Crippen molar-refractivity contribution in [2.75, 3.05) is 25.0 Å². The van der Waals surface area contributed by atoms with Crippen molar-refractivity contribution >= 4 is 29.0 Å². The predicted molar refractivity (Wildman–Crippen MR) is 107 cm³/mol. The molecule has 2 N–H and O–H groups in total. The number of rotatable bonds is 6. The van der Waals surface area contributed by atoms with Crippen LogP contribution in [0.2, 0.25) is 0 Å². The third-order valence-corrected chi connectivity index (χ3v) is 5.30. The smallest absolute Gasteiger partial charge is 0.321 e. The number of urea groups is 1. The zero-order chi connectivity index (χ0) is 19.1. The third kappa shape index (κ3) is 5.30. The topological polar surface area (TPSA) is 70.7 Å². The molecule has 1 aliphatic heterocycles. The number of piperidine rings is 1. The largest absolute Gasteiger partial charge is 0.377 e. The summed E-state index contributed by atoms with van der Waals surface area (Å²) in [4.78, 5) is 26.5. The number of likely N-dealkylation sites (tertiary alicyclic amines) is 1. The van der Waals surface area contributed by atoms with E-state index in [1.54, 1.807) is 4.90 Å². The minimum Gasteiger partial charge on any atom is -0.377 e. The number of carbonyl (C=O) groups is 2. The van der Waals surface area contributed by atoms with Gasteiger partial charge in [0.15, 0.2) is 0 Å². The minimum atomic E-state index is -0.110. The number of carbonyl (C=O) groups excluding carboxylic acids is 2. The summed E-state index contributed by atoms with van der Waals surface area (Å²) in [6.45, 7) is 4.29. The molecule has 1 saturated heterocycles. The van der Waals surface area contributed by atoms with E-state index in [-0.39, 0.29) is 18.0 Å². The highest BCUT2D eigenvalue weighted by Gasteiger charge is 2.24. The Labute approximate surface area is 163 Å². The number of benzene rings is 1. The van der Waals surface area contributed by atoms with Gasteiger partial charge in [-0.2, -0.15) is 11.3 Å². The second-order valence-corrected chi connectivity index (χ2v) is 7.25. The van der Waals surface area contributed by atoms with Crippen LogP contribution < -0.4 is 10.6 Å². The van der Waals surface area contributed by atoms with Gasteiger partial charge in [-0.25, -0.2) is 4.79 Å². The molecule has 3 amide bonds. The first-order chi connectivity index (χ1) is 13.2. The first-order valence-corrected chi connectivity index (χ1v) is 10.2. The number of nitrogens with zero attached hydrogens (tertiary/aromatic N) is 1. The molecular formula is C20H25N3O3S. The van der Waals surface area contributed by atoms with E-state index < -0.39 is 0 Å². The van der Waals surface area contributed by atoms with Crippen molar-refractivity contribution in [2.24, 2.45) is 0 Å². The van der Waals surface area contributed by atoms with Gasteiger partial charge in [-0.3, -0.25) is 4.79 Å². The van der Waals surface area contributed by atoms with Gasteiger partial charge in [0.25, 0.3) is 5.91 Å². The van der Waals surface area contributed by atoms with Crippen molar-refractivity contribution in [1.82, 2.24) is 10.2 Å². The fourth-order valence-corrected chi connectivity index (χ4v) is 3.70. The second-order valence-electron chi connectivity index (χ2n) is 6.47. The molecule has 27 heavy (non-hydrogen) atoms. The highest BCUT2D eigenvalue weighted by Crippen LogP contribution is 2.18. The number of hydrogen-bond donors (Lipinski definition) is 2. The van der Waals surface area contributed by atoms with E-state index in [4.69, 9.17) is 4.74 Å². The van der Waals surface area contributed by atoms with Gasteiger partial charge in [0.1, 0.15) is 0 Å². The Bertz CT molecular complexity index is 756. The van der Waals surface area contributed by atoms with Gasteiger partial charge in [0.05, 0.1) is 6.61 Å². The molecule has 0 unspecified atom stereocenters.